The number of nitro groups is 1. The van der Waals surface area contributed by atoms with E-state index < -0.39 is 16.4 Å². The maximum absolute atomic E-state index is 11.4. The van der Waals surface area contributed by atoms with E-state index in [1.54, 1.807) is 6.92 Å². The highest BCUT2D eigenvalue weighted by Crippen LogP contribution is 2.29. The first kappa shape index (κ1) is 16.2. The number of nitrogens with one attached hydrogen (secondary N) is 1. The molecule has 20 heavy (non-hydrogen) atoms. The summed E-state index contributed by atoms with van der Waals surface area (Å²) in [5.74, 6) is -0.306. The van der Waals surface area contributed by atoms with Crippen LogP contribution in [0, 0.1) is 10.1 Å². The second-order valence-corrected chi connectivity index (χ2v) is 4.79. The summed E-state index contributed by atoms with van der Waals surface area (Å²) < 4.78 is 5.43. The van der Waals surface area contributed by atoms with Gasteiger partial charge in [-0.3, -0.25) is 14.9 Å². The fourth-order valence-corrected chi connectivity index (χ4v) is 1.77. The van der Waals surface area contributed by atoms with Crippen LogP contribution in [0.4, 0.5) is 5.69 Å². The third-order valence-corrected chi connectivity index (χ3v) is 3.05. The van der Waals surface area contributed by atoms with Crippen molar-refractivity contribution in [2.45, 2.75) is 19.4 Å². The van der Waals surface area contributed by atoms with Crippen molar-refractivity contribution < 1.29 is 14.5 Å². The zero-order valence-corrected chi connectivity index (χ0v) is 11.9. The summed E-state index contributed by atoms with van der Waals surface area (Å²) in [4.78, 5) is 21.5. The Morgan fingerprint density at radius 2 is 2.25 bits per heavy atom. The third-order valence-electron chi connectivity index (χ3n) is 2.75. The van der Waals surface area contributed by atoms with Gasteiger partial charge in [0.1, 0.15) is 17.9 Å². The minimum atomic E-state index is -1.04. The van der Waals surface area contributed by atoms with Crippen molar-refractivity contribution in [1.82, 2.24) is 5.32 Å². The van der Waals surface area contributed by atoms with Crippen LogP contribution in [0.25, 0.3) is 0 Å². The quantitative estimate of drug-likeness (QED) is 0.586. The monoisotopic (exact) mass is 301 g/mol. The van der Waals surface area contributed by atoms with Gasteiger partial charge in [-0.1, -0.05) is 18.5 Å². The topological polar surface area (TPSA) is 107 Å². The van der Waals surface area contributed by atoms with Gasteiger partial charge in [-0.25, -0.2) is 0 Å². The molecule has 0 aliphatic heterocycles. The van der Waals surface area contributed by atoms with Crippen LogP contribution in [0.1, 0.15) is 13.8 Å². The Bertz CT molecular complexity index is 523. The van der Waals surface area contributed by atoms with E-state index in [4.69, 9.17) is 22.1 Å². The Kier molecular flexibility index (Phi) is 5.29. The molecule has 1 atom stereocenters. The number of hydrogen-bond donors (Lipinski definition) is 2. The largest absolute Gasteiger partial charge is 0.490 e. The maximum Gasteiger partial charge on any atom is 0.271 e. The summed E-state index contributed by atoms with van der Waals surface area (Å²) in [6.45, 7) is 3.95. The minimum Gasteiger partial charge on any atom is -0.490 e. The predicted octanol–water partition coefficient (Wildman–Crippen LogP) is 1.48. The number of halogens is 1. The van der Waals surface area contributed by atoms with Crippen LogP contribution in [-0.2, 0) is 4.79 Å². The molecule has 110 valence electrons. The van der Waals surface area contributed by atoms with E-state index in [1.807, 2.05) is 6.92 Å². The van der Waals surface area contributed by atoms with Crippen LogP contribution in [0.15, 0.2) is 18.2 Å². The second-order valence-electron chi connectivity index (χ2n) is 4.39. The number of hydrogen-bond acceptors (Lipinski definition) is 5. The van der Waals surface area contributed by atoms with E-state index in [2.05, 4.69) is 5.32 Å². The lowest BCUT2D eigenvalue weighted by Crippen LogP contribution is -2.57. The molecule has 0 bridgehead atoms. The van der Waals surface area contributed by atoms with Crippen molar-refractivity contribution in [3.05, 3.63) is 33.3 Å². The van der Waals surface area contributed by atoms with Gasteiger partial charge in [-0.15, -0.1) is 0 Å². The normalized spacial score (nSPS) is 13.6. The summed E-state index contributed by atoms with van der Waals surface area (Å²) in [5, 5.41) is 13.6. The zero-order chi connectivity index (χ0) is 15.3. The number of nitro benzene ring substituents is 1. The van der Waals surface area contributed by atoms with Gasteiger partial charge >= 0.3 is 0 Å². The first-order valence-electron chi connectivity index (χ1n) is 5.92. The van der Waals surface area contributed by atoms with Gasteiger partial charge in [-0.2, -0.15) is 0 Å². The molecule has 1 aromatic rings. The van der Waals surface area contributed by atoms with Gasteiger partial charge in [0.25, 0.3) is 5.69 Å². The molecule has 8 heteroatoms. The highest BCUT2D eigenvalue weighted by atomic mass is 35.5. The van der Waals surface area contributed by atoms with Crippen LogP contribution in [0.2, 0.25) is 5.02 Å². The van der Waals surface area contributed by atoms with E-state index in [0.29, 0.717) is 6.54 Å². The Hall–Kier alpha value is -1.86. The van der Waals surface area contributed by atoms with Crippen molar-refractivity contribution in [3.63, 3.8) is 0 Å². The number of carbonyl (C=O) groups is 1. The molecular formula is C12H16ClN3O4. The Balaban J connectivity index is 2.84. The van der Waals surface area contributed by atoms with Crippen LogP contribution in [-0.4, -0.2) is 29.5 Å². The Morgan fingerprint density at radius 1 is 1.60 bits per heavy atom. The lowest BCUT2D eigenvalue weighted by Gasteiger charge is -2.27. The predicted molar refractivity (Wildman–Crippen MR) is 74.9 cm³/mol. The summed E-state index contributed by atoms with van der Waals surface area (Å²) in [6.07, 6.45) is 0. The third kappa shape index (κ3) is 3.82. The molecule has 3 N–H and O–H groups in total. The molecule has 0 saturated carbocycles. The molecule has 0 saturated heterocycles. The van der Waals surface area contributed by atoms with Crippen molar-refractivity contribution >= 4 is 23.2 Å². The first-order valence-corrected chi connectivity index (χ1v) is 6.29. The van der Waals surface area contributed by atoms with E-state index >= 15 is 0 Å². The van der Waals surface area contributed by atoms with Crippen molar-refractivity contribution in [3.8, 4) is 5.75 Å². The number of primary amides is 1. The number of likely N-dealkylation sites (N-methyl/N-ethyl adjacent to an activating group) is 1. The van der Waals surface area contributed by atoms with E-state index in [0.717, 1.165) is 0 Å². The van der Waals surface area contributed by atoms with Crippen LogP contribution in [0.3, 0.4) is 0 Å². The molecule has 7 nitrogen and oxygen atoms in total. The van der Waals surface area contributed by atoms with Crippen LogP contribution >= 0.6 is 11.6 Å². The number of nitrogens with two attached hydrogens (primary N) is 1. The smallest absolute Gasteiger partial charge is 0.271 e. The molecule has 0 spiro atoms. The molecule has 0 aliphatic carbocycles. The van der Waals surface area contributed by atoms with Gasteiger partial charge in [-0.05, 0) is 19.5 Å². The Morgan fingerprint density at radius 3 is 2.70 bits per heavy atom. The number of non-ortho nitro benzene ring substituents is 1. The molecule has 1 amide bonds. The highest BCUT2D eigenvalue weighted by molar-refractivity contribution is 6.32. The zero-order valence-electron chi connectivity index (χ0n) is 11.2. The summed E-state index contributed by atoms with van der Waals surface area (Å²) in [5.41, 5.74) is 4.14. The summed E-state index contributed by atoms with van der Waals surface area (Å²) >= 11 is 5.89. The molecule has 0 radical (unpaired) electrons. The van der Waals surface area contributed by atoms with Gasteiger partial charge in [0.05, 0.1) is 9.95 Å². The molecule has 0 fully saturated rings. The van der Waals surface area contributed by atoms with Gasteiger partial charge < -0.3 is 15.8 Å². The van der Waals surface area contributed by atoms with Crippen molar-refractivity contribution in [2.75, 3.05) is 13.2 Å². The molecule has 1 aromatic carbocycles. The summed E-state index contributed by atoms with van der Waals surface area (Å²) in [6, 6.07) is 3.84. The second kappa shape index (κ2) is 6.53. The first-order chi connectivity index (χ1) is 9.30. The summed E-state index contributed by atoms with van der Waals surface area (Å²) in [7, 11) is 0. The van der Waals surface area contributed by atoms with E-state index in [9.17, 15) is 14.9 Å². The number of ether oxygens (including phenoxy) is 1. The molecule has 1 unspecified atom stereocenters. The lowest BCUT2D eigenvalue weighted by atomic mass is 10.0. The van der Waals surface area contributed by atoms with E-state index in [1.165, 1.54) is 18.2 Å². The number of amides is 1. The molecule has 1 rings (SSSR count). The Labute approximate surface area is 121 Å². The minimum absolute atomic E-state index is 0.0340. The van der Waals surface area contributed by atoms with Crippen LogP contribution in [0.5, 0.6) is 5.75 Å². The maximum atomic E-state index is 11.4. The number of rotatable bonds is 7. The van der Waals surface area contributed by atoms with Crippen molar-refractivity contribution in [1.29, 1.82) is 0 Å². The SMILES string of the molecule is CCNC(C)(COc1ccc([N+](=O)[O-])cc1Cl)C(N)=O. The lowest BCUT2D eigenvalue weighted by molar-refractivity contribution is -0.384. The molecule has 0 aliphatic rings. The molecular weight excluding hydrogens is 286 g/mol. The fourth-order valence-electron chi connectivity index (χ4n) is 1.54. The standard InChI is InChI=1S/C12H16ClN3O4/c1-3-15-12(2,11(14)17)7-20-10-5-4-8(16(18)19)6-9(10)13/h4-6,15H,3,7H2,1-2H3,(H2,14,17). The van der Waals surface area contributed by atoms with Crippen LogP contribution < -0.4 is 15.8 Å². The van der Waals surface area contributed by atoms with Gasteiger partial charge in [0.2, 0.25) is 5.91 Å². The fraction of sp³-hybridized carbons (Fsp3) is 0.417. The van der Waals surface area contributed by atoms with Gasteiger partial charge in [0, 0.05) is 12.1 Å². The number of nitrogens with zero attached hydrogens (tertiary/aromatic N) is 1. The van der Waals surface area contributed by atoms with Gasteiger partial charge in [0.15, 0.2) is 0 Å². The molecule has 0 heterocycles. The average Bonchev–Trinajstić information content (AvgIpc) is 2.37. The highest BCUT2D eigenvalue weighted by Gasteiger charge is 2.31. The van der Waals surface area contributed by atoms with E-state index in [-0.39, 0.29) is 23.1 Å². The van der Waals surface area contributed by atoms with Crippen molar-refractivity contribution in [2.24, 2.45) is 5.73 Å². The average molecular weight is 302 g/mol. The molecule has 0 aromatic heterocycles. The number of benzene rings is 1. The number of carbonyl (C=O) groups excluding carboxylic acids is 1.